The molecule has 0 unspecified atom stereocenters. The van der Waals surface area contributed by atoms with Crippen molar-refractivity contribution in [1.29, 1.82) is 0 Å². The number of rotatable bonds is 9. The number of benzene rings is 1. The Balaban J connectivity index is 1.51. The molecule has 3 rings (SSSR count). The lowest BCUT2D eigenvalue weighted by Gasteiger charge is -2.07. The van der Waals surface area contributed by atoms with Crippen LogP contribution < -0.4 is 5.32 Å². The van der Waals surface area contributed by atoms with Gasteiger partial charge in [-0.1, -0.05) is 42.1 Å². The number of thioether (sulfide) groups is 2. The summed E-state index contributed by atoms with van der Waals surface area (Å²) in [6.07, 6.45) is 1.67. The molecule has 0 saturated heterocycles. The van der Waals surface area contributed by atoms with Crippen LogP contribution in [0.5, 0.6) is 0 Å². The van der Waals surface area contributed by atoms with Crippen molar-refractivity contribution in [3.63, 3.8) is 0 Å². The number of nitrogens with zero attached hydrogens (tertiary/aromatic N) is 4. The number of aromatic nitrogens is 4. The third kappa shape index (κ3) is 5.33. The van der Waals surface area contributed by atoms with Crippen LogP contribution in [-0.4, -0.2) is 31.4 Å². The lowest BCUT2D eigenvalue weighted by molar-refractivity contribution is -0.113. The predicted molar refractivity (Wildman–Crippen MR) is 109 cm³/mol. The lowest BCUT2D eigenvalue weighted by atomic mass is 10.2. The van der Waals surface area contributed by atoms with Crippen LogP contribution in [0.2, 0.25) is 0 Å². The quantitative estimate of drug-likeness (QED) is 0.544. The van der Waals surface area contributed by atoms with Gasteiger partial charge in [0.1, 0.15) is 5.82 Å². The highest BCUT2D eigenvalue weighted by atomic mass is 32.2. The Bertz CT molecular complexity index is 820. The number of hydrogen-bond acceptors (Lipinski definition) is 7. The van der Waals surface area contributed by atoms with Crippen molar-refractivity contribution in [2.45, 2.75) is 30.1 Å². The van der Waals surface area contributed by atoms with E-state index in [1.54, 1.807) is 6.20 Å². The summed E-state index contributed by atoms with van der Waals surface area (Å²) in [4.78, 5) is 16.0. The minimum absolute atomic E-state index is 0.0874. The van der Waals surface area contributed by atoms with Gasteiger partial charge >= 0.3 is 0 Å². The van der Waals surface area contributed by atoms with Crippen LogP contribution in [0, 0.1) is 0 Å². The molecule has 2 aromatic heterocycles. The van der Waals surface area contributed by atoms with Gasteiger partial charge in [-0.25, -0.2) is 4.98 Å². The number of carbonyl (C=O) groups is 1. The fourth-order valence-electron chi connectivity index (χ4n) is 2.26. The molecule has 6 nitrogen and oxygen atoms in total. The van der Waals surface area contributed by atoms with Crippen LogP contribution in [0.25, 0.3) is 0 Å². The molecule has 0 saturated carbocycles. The Morgan fingerprint density at radius 2 is 2.08 bits per heavy atom. The monoisotopic (exact) mass is 405 g/mol. The second-order valence-electron chi connectivity index (χ2n) is 5.30. The SMILES string of the molecule is CCn1c(CSCc2ccccc2)nnc1SCC(=O)Nc1nccs1. The Labute approximate surface area is 164 Å². The fraction of sp³-hybridized carbons (Fsp3) is 0.294. The molecule has 0 aliphatic rings. The summed E-state index contributed by atoms with van der Waals surface area (Å²) in [6, 6.07) is 10.4. The number of anilines is 1. The first-order valence-corrected chi connectivity index (χ1v) is 11.1. The van der Waals surface area contributed by atoms with Crippen LogP contribution in [0.1, 0.15) is 18.3 Å². The minimum Gasteiger partial charge on any atom is -0.306 e. The molecule has 1 amide bonds. The molecule has 2 heterocycles. The summed E-state index contributed by atoms with van der Waals surface area (Å²) in [5.41, 5.74) is 1.30. The molecule has 1 N–H and O–H groups in total. The highest BCUT2D eigenvalue weighted by Gasteiger charge is 2.13. The summed E-state index contributed by atoms with van der Waals surface area (Å²) >= 11 is 4.61. The molecule has 0 atom stereocenters. The van der Waals surface area contributed by atoms with Gasteiger partial charge in [-0.3, -0.25) is 4.79 Å². The van der Waals surface area contributed by atoms with Crippen molar-refractivity contribution in [3.8, 4) is 0 Å². The first-order chi connectivity index (χ1) is 12.8. The number of amides is 1. The number of hydrogen-bond donors (Lipinski definition) is 1. The molecule has 0 radical (unpaired) electrons. The number of nitrogens with one attached hydrogen (secondary N) is 1. The molecule has 0 fully saturated rings. The third-order valence-electron chi connectivity index (χ3n) is 3.46. The molecule has 136 valence electrons. The van der Waals surface area contributed by atoms with Crippen molar-refractivity contribution in [2.75, 3.05) is 11.1 Å². The molecule has 1 aromatic carbocycles. The smallest absolute Gasteiger partial charge is 0.236 e. The zero-order valence-corrected chi connectivity index (χ0v) is 16.7. The van der Waals surface area contributed by atoms with E-state index in [2.05, 4.69) is 56.3 Å². The topological polar surface area (TPSA) is 72.7 Å². The summed E-state index contributed by atoms with van der Waals surface area (Å²) < 4.78 is 2.07. The lowest BCUT2D eigenvalue weighted by Crippen LogP contribution is -2.14. The van der Waals surface area contributed by atoms with Crippen LogP contribution in [0.4, 0.5) is 5.13 Å². The largest absolute Gasteiger partial charge is 0.306 e. The van der Waals surface area contributed by atoms with E-state index in [1.165, 1.54) is 28.7 Å². The van der Waals surface area contributed by atoms with Gasteiger partial charge in [0.15, 0.2) is 10.3 Å². The Kier molecular flexibility index (Phi) is 7.10. The van der Waals surface area contributed by atoms with E-state index < -0.39 is 0 Å². The highest BCUT2D eigenvalue weighted by Crippen LogP contribution is 2.22. The van der Waals surface area contributed by atoms with Crippen LogP contribution >= 0.6 is 34.9 Å². The molecule has 0 spiro atoms. The van der Waals surface area contributed by atoms with E-state index in [0.29, 0.717) is 5.13 Å². The number of thiazole rings is 1. The first kappa shape index (κ1) is 18.9. The fourth-order valence-corrected chi connectivity index (χ4v) is 4.55. The molecule has 26 heavy (non-hydrogen) atoms. The summed E-state index contributed by atoms with van der Waals surface area (Å²) in [5, 5.41) is 14.5. The van der Waals surface area contributed by atoms with Crippen molar-refractivity contribution in [3.05, 3.63) is 53.3 Å². The van der Waals surface area contributed by atoms with Gasteiger partial charge in [-0.05, 0) is 12.5 Å². The van der Waals surface area contributed by atoms with Crippen molar-refractivity contribution < 1.29 is 4.79 Å². The molecule has 0 bridgehead atoms. The van der Waals surface area contributed by atoms with Crippen LogP contribution in [0.15, 0.2) is 47.1 Å². The molecular weight excluding hydrogens is 386 g/mol. The average molecular weight is 406 g/mol. The van der Waals surface area contributed by atoms with Gasteiger partial charge in [-0.15, -0.1) is 33.3 Å². The molecule has 3 aromatic rings. The third-order valence-corrected chi connectivity index (χ3v) is 6.12. The average Bonchev–Trinajstić information content (AvgIpc) is 3.30. The minimum atomic E-state index is -0.0874. The second kappa shape index (κ2) is 9.75. The molecule has 9 heteroatoms. The van der Waals surface area contributed by atoms with Gasteiger partial charge in [0, 0.05) is 23.9 Å². The van der Waals surface area contributed by atoms with Crippen molar-refractivity contribution in [1.82, 2.24) is 19.7 Å². The summed E-state index contributed by atoms with van der Waals surface area (Å²) in [7, 11) is 0. The van der Waals surface area contributed by atoms with E-state index in [-0.39, 0.29) is 11.7 Å². The zero-order valence-electron chi connectivity index (χ0n) is 14.3. The van der Waals surface area contributed by atoms with Gasteiger partial charge in [0.2, 0.25) is 5.91 Å². The Morgan fingerprint density at radius 3 is 2.81 bits per heavy atom. The maximum absolute atomic E-state index is 12.0. The number of carbonyl (C=O) groups excluding carboxylic acids is 1. The summed E-state index contributed by atoms with van der Waals surface area (Å²) in [6.45, 7) is 2.85. The van der Waals surface area contributed by atoms with E-state index in [1.807, 2.05) is 23.2 Å². The first-order valence-electron chi connectivity index (χ1n) is 8.12. The maximum atomic E-state index is 12.0. The van der Waals surface area contributed by atoms with Gasteiger partial charge < -0.3 is 9.88 Å². The highest BCUT2D eigenvalue weighted by molar-refractivity contribution is 7.99. The maximum Gasteiger partial charge on any atom is 0.236 e. The van der Waals surface area contributed by atoms with E-state index in [9.17, 15) is 4.79 Å². The predicted octanol–water partition coefficient (Wildman–Crippen LogP) is 3.92. The zero-order chi connectivity index (χ0) is 18.2. The second-order valence-corrected chi connectivity index (χ2v) is 8.12. The van der Waals surface area contributed by atoms with E-state index >= 15 is 0 Å². The Hall–Kier alpha value is -1.84. The molecular formula is C17H19N5OS3. The van der Waals surface area contributed by atoms with Gasteiger partial charge in [0.05, 0.1) is 11.5 Å². The molecule has 0 aliphatic carbocycles. The van der Waals surface area contributed by atoms with Crippen molar-refractivity contribution in [2.24, 2.45) is 0 Å². The van der Waals surface area contributed by atoms with E-state index in [0.717, 1.165) is 29.0 Å². The molecule has 0 aliphatic heterocycles. The van der Waals surface area contributed by atoms with Crippen LogP contribution in [-0.2, 0) is 22.8 Å². The van der Waals surface area contributed by atoms with Crippen LogP contribution in [0.3, 0.4) is 0 Å². The van der Waals surface area contributed by atoms with Gasteiger partial charge in [-0.2, -0.15) is 0 Å². The van der Waals surface area contributed by atoms with Gasteiger partial charge in [0.25, 0.3) is 0 Å². The summed E-state index contributed by atoms with van der Waals surface area (Å²) in [5.74, 6) is 2.87. The standard InChI is InChI=1S/C17H19N5OS3/c1-2-22-14(11-24-10-13-6-4-3-5-7-13)20-21-17(22)26-12-15(23)19-16-18-8-9-25-16/h3-9H,2,10-12H2,1H3,(H,18,19,23). The van der Waals surface area contributed by atoms with Crippen molar-refractivity contribution >= 4 is 45.9 Å². The van der Waals surface area contributed by atoms with E-state index in [4.69, 9.17) is 0 Å². The normalized spacial score (nSPS) is 10.8. The Morgan fingerprint density at radius 1 is 1.23 bits per heavy atom.